The molecule has 0 bridgehead atoms. The average Bonchev–Trinajstić information content (AvgIpc) is 2.79. The minimum Gasteiger partial charge on any atom is -0.506 e. The number of aryl methyl sites for hydroxylation is 1. The van der Waals surface area contributed by atoms with Crippen molar-refractivity contribution >= 4 is 23.3 Å². The normalized spacial score (nSPS) is 11.5. The van der Waals surface area contributed by atoms with Crippen LogP contribution in [0.15, 0.2) is 12.1 Å². The molecule has 0 saturated carbocycles. The van der Waals surface area contributed by atoms with Crippen LogP contribution in [0.4, 0.5) is 5.69 Å². The molecule has 26 heavy (non-hydrogen) atoms. The van der Waals surface area contributed by atoms with E-state index in [1.165, 1.54) is 6.07 Å². The molecule has 0 unspecified atom stereocenters. The quantitative estimate of drug-likeness (QED) is 0.602. The first-order valence-corrected chi connectivity index (χ1v) is 8.90. The van der Waals surface area contributed by atoms with Crippen molar-refractivity contribution in [3.8, 4) is 5.75 Å². The number of benzene rings is 1. The Labute approximate surface area is 159 Å². The molecule has 2 aromatic rings. The lowest BCUT2D eigenvalue weighted by Gasteiger charge is -2.22. The summed E-state index contributed by atoms with van der Waals surface area (Å²) in [5.74, 6) is 0.340. The summed E-state index contributed by atoms with van der Waals surface area (Å²) in [6.45, 7) is 10.4. The van der Waals surface area contributed by atoms with Crippen LogP contribution in [0.5, 0.6) is 5.75 Å². The van der Waals surface area contributed by atoms with Gasteiger partial charge in [-0.1, -0.05) is 32.4 Å². The largest absolute Gasteiger partial charge is 0.506 e. The van der Waals surface area contributed by atoms with E-state index in [1.807, 2.05) is 6.07 Å². The molecule has 1 aromatic carbocycles. The number of carbonyl (C=O) groups is 1. The summed E-state index contributed by atoms with van der Waals surface area (Å²) in [5.41, 5.74) is 2.39. The van der Waals surface area contributed by atoms with Crippen LogP contribution in [0, 0.1) is 6.92 Å². The molecule has 0 fully saturated rings. The number of aromatic nitrogens is 2. The zero-order valence-electron chi connectivity index (χ0n) is 16.1. The first-order chi connectivity index (χ1) is 12.1. The minimum absolute atomic E-state index is 0.0690. The van der Waals surface area contributed by atoms with E-state index in [0.717, 1.165) is 5.56 Å². The Balaban J connectivity index is 2.27. The molecule has 0 spiro atoms. The summed E-state index contributed by atoms with van der Waals surface area (Å²) in [7, 11) is 1.77. The molecule has 6 nitrogen and oxygen atoms in total. The molecule has 1 heterocycles. The fourth-order valence-electron chi connectivity index (χ4n) is 2.79. The number of phenols is 1. The fourth-order valence-corrected chi connectivity index (χ4v) is 3.23. The molecule has 0 aliphatic heterocycles. The van der Waals surface area contributed by atoms with E-state index in [9.17, 15) is 9.90 Å². The second-order valence-electron chi connectivity index (χ2n) is 7.19. The summed E-state index contributed by atoms with van der Waals surface area (Å²) in [5, 5.41) is 13.9. The summed E-state index contributed by atoms with van der Waals surface area (Å²) in [4.78, 5) is 16.5. The van der Waals surface area contributed by atoms with Gasteiger partial charge in [-0.25, -0.2) is 9.78 Å². The zero-order chi connectivity index (χ0) is 19.6. The van der Waals surface area contributed by atoms with Gasteiger partial charge in [-0.15, -0.1) is 0 Å². The monoisotopic (exact) mass is 379 g/mol. The summed E-state index contributed by atoms with van der Waals surface area (Å²) < 4.78 is 6.78. The molecule has 0 saturated heterocycles. The van der Waals surface area contributed by atoms with Gasteiger partial charge in [0.05, 0.1) is 24.5 Å². The molecule has 1 aromatic heterocycles. The number of imidazole rings is 1. The Hall–Kier alpha value is -2.21. The van der Waals surface area contributed by atoms with Crippen molar-refractivity contribution in [3.05, 3.63) is 39.9 Å². The lowest BCUT2D eigenvalue weighted by atomic mass is 9.86. The Bertz CT molecular complexity index is 822. The zero-order valence-corrected chi connectivity index (χ0v) is 16.9. The highest BCUT2D eigenvalue weighted by Crippen LogP contribution is 2.37. The van der Waals surface area contributed by atoms with Crippen molar-refractivity contribution in [2.45, 2.75) is 46.6 Å². The third-order valence-electron chi connectivity index (χ3n) is 4.16. The van der Waals surface area contributed by atoms with E-state index in [2.05, 4.69) is 31.1 Å². The molecular formula is C19H26ClN3O3. The van der Waals surface area contributed by atoms with Gasteiger partial charge in [0.2, 0.25) is 0 Å². The van der Waals surface area contributed by atoms with E-state index in [1.54, 1.807) is 25.5 Å². The highest BCUT2D eigenvalue weighted by molar-refractivity contribution is 6.31. The number of rotatable bonds is 5. The summed E-state index contributed by atoms with van der Waals surface area (Å²) in [6, 6.07) is 3.39. The van der Waals surface area contributed by atoms with Crippen LogP contribution in [0.3, 0.4) is 0 Å². The van der Waals surface area contributed by atoms with E-state index >= 15 is 0 Å². The van der Waals surface area contributed by atoms with Crippen LogP contribution in [-0.2, 0) is 23.7 Å². The number of nitrogens with zero attached hydrogens (tertiary/aromatic N) is 2. The van der Waals surface area contributed by atoms with Crippen LogP contribution < -0.4 is 5.32 Å². The van der Waals surface area contributed by atoms with E-state index < -0.39 is 5.97 Å². The molecular weight excluding hydrogens is 354 g/mol. The number of carbonyl (C=O) groups excluding carboxylic acids is 1. The van der Waals surface area contributed by atoms with Crippen LogP contribution in [0.2, 0.25) is 5.02 Å². The maximum atomic E-state index is 12.1. The molecule has 0 aliphatic rings. The second kappa shape index (κ2) is 7.58. The fraction of sp³-hybridized carbons (Fsp3) is 0.474. The van der Waals surface area contributed by atoms with Gasteiger partial charge < -0.3 is 19.7 Å². The summed E-state index contributed by atoms with van der Waals surface area (Å²) >= 11 is 6.26. The Kier molecular flexibility index (Phi) is 5.86. The highest BCUT2D eigenvalue weighted by atomic mass is 35.5. The van der Waals surface area contributed by atoms with Crippen molar-refractivity contribution in [3.63, 3.8) is 0 Å². The SMILES string of the molecule is CCOC(=O)c1c(C)nc(CNc2cc(C(C)(C)C)c(Cl)cc2O)n1C. The number of ether oxygens (including phenoxy) is 1. The first kappa shape index (κ1) is 20.1. The van der Waals surface area contributed by atoms with Gasteiger partial charge in [-0.3, -0.25) is 0 Å². The van der Waals surface area contributed by atoms with Gasteiger partial charge in [0.25, 0.3) is 0 Å². The molecule has 0 aliphatic carbocycles. The molecule has 2 N–H and O–H groups in total. The predicted octanol–water partition coefficient (Wildman–Crippen LogP) is 4.17. The van der Waals surface area contributed by atoms with E-state index in [4.69, 9.17) is 16.3 Å². The molecule has 142 valence electrons. The number of aromatic hydroxyl groups is 1. The van der Waals surface area contributed by atoms with Crippen molar-refractivity contribution in [1.29, 1.82) is 0 Å². The maximum Gasteiger partial charge on any atom is 0.356 e. The Morgan fingerprint density at radius 1 is 1.38 bits per heavy atom. The van der Waals surface area contributed by atoms with Gasteiger partial charge in [0.1, 0.15) is 17.3 Å². The van der Waals surface area contributed by atoms with E-state index in [0.29, 0.717) is 41.1 Å². The molecule has 0 amide bonds. The number of hydrogen-bond acceptors (Lipinski definition) is 5. The van der Waals surface area contributed by atoms with Crippen molar-refractivity contribution in [2.75, 3.05) is 11.9 Å². The van der Waals surface area contributed by atoms with Gasteiger partial charge in [-0.2, -0.15) is 0 Å². The van der Waals surface area contributed by atoms with Crippen molar-refractivity contribution in [2.24, 2.45) is 7.05 Å². The van der Waals surface area contributed by atoms with Crippen LogP contribution in [-0.4, -0.2) is 27.2 Å². The maximum absolute atomic E-state index is 12.1. The number of nitrogens with one attached hydrogen (secondary N) is 1. The first-order valence-electron chi connectivity index (χ1n) is 8.52. The standard InChI is InChI=1S/C19H26ClN3O3/c1-7-26-18(25)17-11(2)22-16(23(17)6)10-21-14-8-12(19(3,4)5)13(20)9-15(14)24/h8-9,21,24H,7,10H2,1-6H3. The van der Waals surface area contributed by atoms with Gasteiger partial charge >= 0.3 is 5.97 Å². The molecule has 0 radical (unpaired) electrons. The third kappa shape index (κ3) is 4.12. The number of phenolic OH excluding ortho intramolecular Hbond substituents is 1. The number of esters is 1. The predicted molar refractivity (Wildman–Crippen MR) is 103 cm³/mol. The molecule has 0 atom stereocenters. The van der Waals surface area contributed by atoms with Crippen LogP contribution in [0.25, 0.3) is 0 Å². The van der Waals surface area contributed by atoms with Gasteiger partial charge in [0.15, 0.2) is 0 Å². The molecule has 2 rings (SSSR count). The number of hydrogen-bond donors (Lipinski definition) is 2. The number of halogens is 1. The Morgan fingerprint density at radius 3 is 2.62 bits per heavy atom. The lowest BCUT2D eigenvalue weighted by molar-refractivity contribution is 0.0514. The average molecular weight is 380 g/mol. The van der Waals surface area contributed by atoms with Crippen molar-refractivity contribution < 1.29 is 14.6 Å². The summed E-state index contributed by atoms with van der Waals surface area (Å²) in [6.07, 6.45) is 0. The third-order valence-corrected chi connectivity index (χ3v) is 4.47. The van der Waals surface area contributed by atoms with Gasteiger partial charge in [0, 0.05) is 18.1 Å². The van der Waals surface area contributed by atoms with Crippen LogP contribution in [0.1, 0.15) is 55.3 Å². The van der Waals surface area contributed by atoms with Gasteiger partial charge in [-0.05, 0) is 30.9 Å². The van der Waals surface area contributed by atoms with Crippen LogP contribution >= 0.6 is 11.6 Å². The number of anilines is 1. The molecule has 7 heteroatoms. The smallest absolute Gasteiger partial charge is 0.356 e. The topological polar surface area (TPSA) is 76.4 Å². The van der Waals surface area contributed by atoms with E-state index in [-0.39, 0.29) is 11.2 Å². The Morgan fingerprint density at radius 2 is 2.04 bits per heavy atom. The second-order valence-corrected chi connectivity index (χ2v) is 7.60. The minimum atomic E-state index is -0.393. The lowest BCUT2D eigenvalue weighted by Crippen LogP contribution is -2.14. The van der Waals surface area contributed by atoms with Crippen molar-refractivity contribution in [1.82, 2.24) is 9.55 Å². The highest BCUT2D eigenvalue weighted by Gasteiger charge is 2.21.